The minimum absolute atomic E-state index is 0.0362. The van der Waals surface area contributed by atoms with Gasteiger partial charge in [0, 0.05) is 10.0 Å². The van der Waals surface area contributed by atoms with E-state index >= 15 is 0 Å². The Kier molecular flexibility index (Phi) is 8.06. The van der Waals surface area contributed by atoms with E-state index in [1.807, 2.05) is 0 Å². The highest BCUT2D eigenvalue weighted by Crippen LogP contribution is 2.36. The number of nitrogens with zero attached hydrogens (tertiary/aromatic N) is 1. The quantitative estimate of drug-likeness (QED) is 0.368. The van der Waals surface area contributed by atoms with Crippen LogP contribution in [0.15, 0.2) is 41.3 Å². The molecule has 0 bridgehead atoms. The molecule has 32 heavy (non-hydrogen) atoms. The van der Waals surface area contributed by atoms with E-state index < -0.39 is 17.1 Å². The Labute approximate surface area is 199 Å². The lowest BCUT2D eigenvalue weighted by molar-refractivity contribution is -0.145. The Bertz CT molecular complexity index is 1090. The standard InChI is InChI=1S/C22H19Cl2NO6S/c1-3-30-20(26)12-31-18-8-13(4-7-17(18)29-2)9-19-21(27)25(22(28)32-19)11-14-5-6-15(23)10-16(14)24/h4-10H,3,11-12H2,1-2H3/b19-9-. The molecule has 0 spiro atoms. The number of carbonyl (C=O) groups is 3. The highest BCUT2D eigenvalue weighted by molar-refractivity contribution is 8.18. The molecule has 2 aromatic carbocycles. The predicted octanol–water partition coefficient (Wildman–Crippen LogP) is 5.18. The second kappa shape index (κ2) is 10.8. The zero-order valence-electron chi connectivity index (χ0n) is 17.2. The van der Waals surface area contributed by atoms with Crippen LogP contribution in [0.25, 0.3) is 6.08 Å². The fourth-order valence-electron chi connectivity index (χ4n) is 2.84. The van der Waals surface area contributed by atoms with Crippen molar-refractivity contribution in [1.29, 1.82) is 0 Å². The maximum atomic E-state index is 12.8. The number of hydrogen-bond acceptors (Lipinski definition) is 7. The molecule has 7 nitrogen and oxygen atoms in total. The van der Waals surface area contributed by atoms with Crippen LogP contribution in [0.2, 0.25) is 10.0 Å². The minimum Gasteiger partial charge on any atom is -0.493 e. The van der Waals surface area contributed by atoms with Crippen molar-refractivity contribution in [2.45, 2.75) is 13.5 Å². The summed E-state index contributed by atoms with van der Waals surface area (Å²) in [6.45, 7) is 1.70. The van der Waals surface area contributed by atoms with Crippen molar-refractivity contribution in [3.05, 3.63) is 62.5 Å². The van der Waals surface area contributed by atoms with Crippen LogP contribution >= 0.6 is 35.0 Å². The first kappa shape index (κ1) is 24.0. The van der Waals surface area contributed by atoms with E-state index in [1.165, 1.54) is 7.11 Å². The number of ether oxygens (including phenoxy) is 3. The van der Waals surface area contributed by atoms with Crippen molar-refractivity contribution in [2.24, 2.45) is 0 Å². The number of methoxy groups -OCH3 is 1. The number of thioether (sulfide) groups is 1. The van der Waals surface area contributed by atoms with Gasteiger partial charge in [-0.3, -0.25) is 14.5 Å². The molecule has 0 unspecified atom stereocenters. The summed E-state index contributed by atoms with van der Waals surface area (Å²) >= 11 is 12.9. The Hall–Kier alpha value is -2.68. The van der Waals surface area contributed by atoms with Crippen LogP contribution in [0.5, 0.6) is 11.5 Å². The molecule has 0 atom stereocenters. The number of esters is 1. The summed E-state index contributed by atoms with van der Waals surface area (Å²) in [4.78, 5) is 38.2. The summed E-state index contributed by atoms with van der Waals surface area (Å²) in [7, 11) is 1.47. The van der Waals surface area contributed by atoms with Crippen LogP contribution in [0.4, 0.5) is 4.79 Å². The molecule has 1 heterocycles. The molecule has 1 aliphatic rings. The summed E-state index contributed by atoms with van der Waals surface area (Å²) in [5.41, 5.74) is 1.21. The highest BCUT2D eigenvalue weighted by atomic mass is 35.5. The number of hydrogen-bond donors (Lipinski definition) is 0. The third-order valence-electron chi connectivity index (χ3n) is 4.35. The zero-order valence-corrected chi connectivity index (χ0v) is 19.6. The SMILES string of the molecule is CCOC(=O)COc1cc(/C=C2\SC(=O)N(Cc3ccc(Cl)cc3Cl)C2=O)ccc1OC. The van der Waals surface area contributed by atoms with Crippen LogP contribution in [-0.2, 0) is 20.9 Å². The molecule has 2 aromatic rings. The average molecular weight is 496 g/mol. The molecule has 1 aliphatic heterocycles. The van der Waals surface area contributed by atoms with Gasteiger partial charge in [0.1, 0.15) is 0 Å². The second-order valence-corrected chi connectivity index (χ2v) is 8.34. The van der Waals surface area contributed by atoms with Crippen molar-refractivity contribution < 1.29 is 28.6 Å². The maximum absolute atomic E-state index is 12.8. The van der Waals surface area contributed by atoms with Gasteiger partial charge in [-0.2, -0.15) is 0 Å². The third kappa shape index (κ3) is 5.76. The van der Waals surface area contributed by atoms with Crippen LogP contribution in [0.1, 0.15) is 18.1 Å². The van der Waals surface area contributed by atoms with Gasteiger partial charge in [-0.15, -0.1) is 0 Å². The Balaban J connectivity index is 1.78. The molecule has 1 saturated heterocycles. The molecular weight excluding hydrogens is 477 g/mol. The van der Waals surface area contributed by atoms with Gasteiger partial charge in [0.05, 0.1) is 25.2 Å². The van der Waals surface area contributed by atoms with E-state index in [4.69, 9.17) is 37.4 Å². The minimum atomic E-state index is -0.512. The smallest absolute Gasteiger partial charge is 0.344 e. The molecule has 168 valence electrons. The number of halogens is 2. The summed E-state index contributed by atoms with van der Waals surface area (Å²) in [5.74, 6) is -0.226. The molecule has 0 saturated carbocycles. The molecular formula is C22H19Cl2NO6S. The number of carbonyl (C=O) groups excluding carboxylic acids is 3. The Morgan fingerprint density at radius 2 is 1.91 bits per heavy atom. The van der Waals surface area contributed by atoms with Crippen molar-refractivity contribution in [3.63, 3.8) is 0 Å². The monoisotopic (exact) mass is 495 g/mol. The zero-order chi connectivity index (χ0) is 23.3. The first-order chi connectivity index (χ1) is 15.3. The average Bonchev–Trinajstić information content (AvgIpc) is 3.01. The summed E-state index contributed by atoms with van der Waals surface area (Å²) in [6, 6.07) is 9.84. The summed E-state index contributed by atoms with van der Waals surface area (Å²) in [6.07, 6.45) is 1.57. The van der Waals surface area contributed by atoms with E-state index in [-0.39, 0.29) is 24.7 Å². The van der Waals surface area contributed by atoms with Crippen molar-refractivity contribution >= 4 is 58.2 Å². The van der Waals surface area contributed by atoms with Crippen LogP contribution < -0.4 is 9.47 Å². The van der Waals surface area contributed by atoms with Crippen molar-refractivity contribution in [2.75, 3.05) is 20.3 Å². The summed E-state index contributed by atoms with van der Waals surface area (Å²) < 4.78 is 15.6. The fraction of sp³-hybridized carbons (Fsp3) is 0.227. The van der Waals surface area contributed by atoms with Gasteiger partial charge in [-0.1, -0.05) is 35.3 Å². The van der Waals surface area contributed by atoms with Gasteiger partial charge in [0.2, 0.25) is 0 Å². The number of benzene rings is 2. The topological polar surface area (TPSA) is 82.1 Å². The second-order valence-electron chi connectivity index (χ2n) is 6.51. The lowest BCUT2D eigenvalue weighted by Crippen LogP contribution is -2.27. The van der Waals surface area contributed by atoms with Crippen LogP contribution in [0, 0.1) is 0 Å². The third-order valence-corrected chi connectivity index (χ3v) is 5.85. The van der Waals surface area contributed by atoms with Gasteiger partial charge in [-0.05, 0) is 60.2 Å². The van der Waals surface area contributed by atoms with E-state index in [0.29, 0.717) is 32.7 Å². The van der Waals surface area contributed by atoms with Crippen molar-refractivity contribution in [1.82, 2.24) is 4.90 Å². The molecule has 0 N–H and O–H groups in total. The number of amides is 2. The van der Waals surface area contributed by atoms with Gasteiger partial charge >= 0.3 is 5.97 Å². The van der Waals surface area contributed by atoms with E-state index in [0.717, 1.165) is 16.7 Å². The molecule has 1 fully saturated rings. The van der Waals surface area contributed by atoms with E-state index in [2.05, 4.69) is 0 Å². The van der Waals surface area contributed by atoms with Crippen LogP contribution in [0.3, 0.4) is 0 Å². The van der Waals surface area contributed by atoms with Gasteiger partial charge in [-0.25, -0.2) is 4.79 Å². The lowest BCUT2D eigenvalue weighted by Gasteiger charge is -2.13. The molecule has 10 heteroatoms. The van der Waals surface area contributed by atoms with Gasteiger partial charge in [0.25, 0.3) is 11.1 Å². The largest absolute Gasteiger partial charge is 0.493 e. The lowest BCUT2D eigenvalue weighted by atomic mass is 10.1. The van der Waals surface area contributed by atoms with Gasteiger partial charge < -0.3 is 14.2 Å². The number of rotatable bonds is 8. The highest BCUT2D eigenvalue weighted by Gasteiger charge is 2.35. The first-order valence-electron chi connectivity index (χ1n) is 9.48. The van der Waals surface area contributed by atoms with E-state index in [9.17, 15) is 14.4 Å². The molecule has 0 radical (unpaired) electrons. The first-order valence-corrected chi connectivity index (χ1v) is 11.1. The molecule has 0 aromatic heterocycles. The fourth-order valence-corrected chi connectivity index (χ4v) is 4.15. The molecule has 2 amide bonds. The Morgan fingerprint density at radius 3 is 2.59 bits per heavy atom. The number of imide groups is 1. The summed E-state index contributed by atoms with van der Waals surface area (Å²) in [5, 5.41) is 0.437. The van der Waals surface area contributed by atoms with E-state index in [1.54, 1.807) is 49.4 Å². The molecule has 3 rings (SSSR count). The van der Waals surface area contributed by atoms with Gasteiger partial charge in [0.15, 0.2) is 18.1 Å². The normalized spacial score (nSPS) is 14.8. The van der Waals surface area contributed by atoms with Crippen molar-refractivity contribution in [3.8, 4) is 11.5 Å². The Morgan fingerprint density at radius 1 is 1.12 bits per heavy atom. The molecule has 0 aliphatic carbocycles. The maximum Gasteiger partial charge on any atom is 0.344 e. The predicted molar refractivity (Wildman–Crippen MR) is 123 cm³/mol. The van der Waals surface area contributed by atoms with Crippen LogP contribution in [-0.4, -0.2) is 42.3 Å².